The summed E-state index contributed by atoms with van der Waals surface area (Å²) in [5.74, 6) is 0.606. The van der Waals surface area contributed by atoms with Crippen molar-refractivity contribution in [1.29, 1.82) is 0 Å². The zero-order valence-corrected chi connectivity index (χ0v) is 7.95. The minimum Gasteiger partial charge on any atom is -0.371 e. The van der Waals surface area contributed by atoms with Crippen LogP contribution in [0.3, 0.4) is 0 Å². The number of hydrogen-bond donors (Lipinski definition) is 0. The van der Waals surface area contributed by atoms with Crippen LogP contribution in [0.2, 0.25) is 0 Å². The molecular weight excluding hydrogens is 158 g/mol. The summed E-state index contributed by atoms with van der Waals surface area (Å²) in [6.07, 6.45) is 2.56. The molecule has 0 saturated carbocycles. The monoisotopic (exact) mass is 174 g/mol. The number of piperidine rings is 1. The van der Waals surface area contributed by atoms with E-state index in [2.05, 4.69) is 42.2 Å². The zero-order chi connectivity index (χ0) is 9.10. The molecule has 2 rings (SSSR count). The Labute approximate surface area is 80.4 Å². The van der Waals surface area contributed by atoms with Gasteiger partial charge in [0.25, 0.3) is 0 Å². The van der Waals surface area contributed by atoms with Gasteiger partial charge in [0.05, 0.1) is 0 Å². The Balaban J connectivity index is 2.08. The SMILES string of the molecule is [CH2]C1CCCN(c2ccccc2)C1. The predicted octanol–water partition coefficient (Wildman–Crippen LogP) is 2.74. The van der Waals surface area contributed by atoms with Crippen molar-refractivity contribution in [1.82, 2.24) is 0 Å². The van der Waals surface area contributed by atoms with Gasteiger partial charge in [0, 0.05) is 18.8 Å². The van der Waals surface area contributed by atoms with Gasteiger partial charge in [-0.3, -0.25) is 0 Å². The second kappa shape index (κ2) is 3.82. The van der Waals surface area contributed by atoms with Crippen molar-refractivity contribution in [3.63, 3.8) is 0 Å². The van der Waals surface area contributed by atoms with Crippen LogP contribution in [0.15, 0.2) is 30.3 Å². The van der Waals surface area contributed by atoms with Gasteiger partial charge in [-0.25, -0.2) is 0 Å². The van der Waals surface area contributed by atoms with E-state index in [1.165, 1.54) is 25.1 Å². The minimum atomic E-state index is 0.606. The maximum absolute atomic E-state index is 4.13. The first-order chi connectivity index (χ1) is 6.36. The first-order valence-electron chi connectivity index (χ1n) is 4.99. The van der Waals surface area contributed by atoms with Crippen molar-refractivity contribution in [2.75, 3.05) is 18.0 Å². The summed E-state index contributed by atoms with van der Waals surface area (Å²) in [6, 6.07) is 10.6. The zero-order valence-electron chi connectivity index (χ0n) is 7.95. The molecule has 13 heavy (non-hydrogen) atoms. The quantitative estimate of drug-likeness (QED) is 0.632. The van der Waals surface area contributed by atoms with Gasteiger partial charge in [-0.2, -0.15) is 0 Å². The third-order valence-electron chi connectivity index (χ3n) is 2.64. The summed E-state index contributed by atoms with van der Waals surface area (Å²) in [5.41, 5.74) is 1.34. The largest absolute Gasteiger partial charge is 0.371 e. The molecule has 1 aliphatic rings. The number of anilines is 1. The molecule has 1 heterocycles. The molecule has 1 unspecified atom stereocenters. The summed E-state index contributed by atoms with van der Waals surface area (Å²) in [4.78, 5) is 2.43. The molecule has 1 radical (unpaired) electrons. The fourth-order valence-corrected chi connectivity index (χ4v) is 1.94. The Kier molecular flexibility index (Phi) is 2.53. The van der Waals surface area contributed by atoms with E-state index in [1.54, 1.807) is 0 Å². The van der Waals surface area contributed by atoms with Gasteiger partial charge in [0.1, 0.15) is 0 Å². The summed E-state index contributed by atoms with van der Waals surface area (Å²) in [5, 5.41) is 0. The van der Waals surface area contributed by atoms with Gasteiger partial charge in [-0.15, -0.1) is 0 Å². The molecule has 1 aromatic carbocycles. The first-order valence-corrected chi connectivity index (χ1v) is 4.99. The van der Waals surface area contributed by atoms with Crippen molar-refractivity contribution in [3.05, 3.63) is 37.3 Å². The maximum Gasteiger partial charge on any atom is 0.0366 e. The highest BCUT2D eigenvalue weighted by Gasteiger charge is 2.15. The molecule has 0 aliphatic carbocycles. The topological polar surface area (TPSA) is 3.24 Å². The van der Waals surface area contributed by atoms with Crippen molar-refractivity contribution in [3.8, 4) is 0 Å². The van der Waals surface area contributed by atoms with Crippen LogP contribution in [0.25, 0.3) is 0 Å². The molecular formula is C12H16N. The van der Waals surface area contributed by atoms with E-state index in [0.29, 0.717) is 5.92 Å². The highest BCUT2D eigenvalue weighted by molar-refractivity contribution is 5.46. The second-order valence-corrected chi connectivity index (χ2v) is 3.79. The average molecular weight is 174 g/mol. The molecule has 1 aliphatic heterocycles. The molecule has 0 bridgehead atoms. The van der Waals surface area contributed by atoms with Crippen LogP contribution in [0, 0.1) is 12.8 Å². The molecule has 1 nitrogen and oxygen atoms in total. The van der Waals surface area contributed by atoms with Crippen LogP contribution in [0.5, 0.6) is 0 Å². The van der Waals surface area contributed by atoms with Crippen LogP contribution in [-0.2, 0) is 0 Å². The van der Waals surface area contributed by atoms with Gasteiger partial charge in [0.15, 0.2) is 0 Å². The van der Waals surface area contributed by atoms with Crippen molar-refractivity contribution < 1.29 is 0 Å². The first kappa shape index (κ1) is 8.61. The summed E-state index contributed by atoms with van der Waals surface area (Å²) < 4.78 is 0. The van der Waals surface area contributed by atoms with Crippen LogP contribution in [0.4, 0.5) is 5.69 Å². The molecule has 1 aromatic rings. The molecule has 1 saturated heterocycles. The van der Waals surface area contributed by atoms with E-state index in [4.69, 9.17) is 0 Å². The number of para-hydroxylation sites is 1. The van der Waals surface area contributed by atoms with Crippen LogP contribution < -0.4 is 4.90 Å². The van der Waals surface area contributed by atoms with E-state index in [0.717, 1.165) is 6.54 Å². The van der Waals surface area contributed by atoms with Gasteiger partial charge < -0.3 is 4.90 Å². The lowest BCUT2D eigenvalue weighted by Crippen LogP contribution is -2.34. The third-order valence-corrected chi connectivity index (χ3v) is 2.64. The number of hydrogen-bond acceptors (Lipinski definition) is 1. The summed E-state index contributed by atoms with van der Waals surface area (Å²) in [6.45, 7) is 6.44. The average Bonchev–Trinajstić information content (AvgIpc) is 2.19. The highest BCUT2D eigenvalue weighted by Crippen LogP contribution is 2.21. The van der Waals surface area contributed by atoms with E-state index >= 15 is 0 Å². The van der Waals surface area contributed by atoms with Crippen LogP contribution in [0.1, 0.15) is 12.8 Å². The molecule has 0 spiro atoms. The van der Waals surface area contributed by atoms with Crippen molar-refractivity contribution in [2.24, 2.45) is 5.92 Å². The van der Waals surface area contributed by atoms with Crippen molar-refractivity contribution in [2.45, 2.75) is 12.8 Å². The van der Waals surface area contributed by atoms with E-state index in [-0.39, 0.29) is 0 Å². The van der Waals surface area contributed by atoms with Crippen LogP contribution in [-0.4, -0.2) is 13.1 Å². The van der Waals surface area contributed by atoms with Gasteiger partial charge in [0.2, 0.25) is 0 Å². The molecule has 0 amide bonds. The van der Waals surface area contributed by atoms with Gasteiger partial charge in [-0.05, 0) is 37.8 Å². The maximum atomic E-state index is 4.13. The molecule has 1 heteroatoms. The lowest BCUT2D eigenvalue weighted by molar-refractivity contribution is 0.482. The molecule has 0 N–H and O–H groups in total. The number of benzene rings is 1. The fourth-order valence-electron chi connectivity index (χ4n) is 1.94. The van der Waals surface area contributed by atoms with Gasteiger partial charge >= 0.3 is 0 Å². The van der Waals surface area contributed by atoms with Crippen LogP contribution >= 0.6 is 0 Å². The van der Waals surface area contributed by atoms with E-state index < -0.39 is 0 Å². The predicted molar refractivity (Wildman–Crippen MR) is 56.7 cm³/mol. The normalized spacial score (nSPS) is 23.2. The Bertz CT molecular complexity index is 255. The lowest BCUT2D eigenvalue weighted by Gasteiger charge is -2.32. The smallest absolute Gasteiger partial charge is 0.0366 e. The molecule has 1 atom stereocenters. The molecule has 1 fully saturated rings. The Morgan fingerprint density at radius 3 is 2.69 bits per heavy atom. The van der Waals surface area contributed by atoms with Gasteiger partial charge in [-0.1, -0.05) is 18.2 Å². The summed E-state index contributed by atoms with van der Waals surface area (Å²) >= 11 is 0. The summed E-state index contributed by atoms with van der Waals surface area (Å²) in [7, 11) is 0. The Morgan fingerprint density at radius 2 is 2.00 bits per heavy atom. The van der Waals surface area contributed by atoms with Crippen molar-refractivity contribution >= 4 is 5.69 Å². The third kappa shape index (κ3) is 2.03. The lowest BCUT2D eigenvalue weighted by atomic mass is 10.00. The Morgan fingerprint density at radius 1 is 1.23 bits per heavy atom. The highest BCUT2D eigenvalue weighted by atomic mass is 15.1. The standard InChI is InChI=1S/C12H16N/c1-11-6-5-9-13(10-11)12-7-3-2-4-8-12/h2-4,7-8,11H,1,5-6,9-10H2. The minimum absolute atomic E-state index is 0.606. The fraction of sp³-hybridized carbons (Fsp3) is 0.417. The van der Waals surface area contributed by atoms with E-state index in [9.17, 15) is 0 Å². The Hall–Kier alpha value is -0.980. The number of nitrogens with zero attached hydrogens (tertiary/aromatic N) is 1. The number of rotatable bonds is 1. The second-order valence-electron chi connectivity index (χ2n) is 3.79. The molecule has 69 valence electrons. The van der Waals surface area contributed by atoms with E-state index in [1.807, 2.05) is 0 Å². The molecule has 0 aromatic heterocycles.